The maximum Gasteiger partial charge on any atom is 0.246 e. The number of ether oxygens (including phenoxy) is 1. The van der Waals surface area contributed by atoms with Gasteiger partial charge in [0, 0.05) is 6.04 Å². The van der Waals surface area contributed by atoms with Crippen LogP contribution in [0.15, 0.2) is 24.3 Å². The van der Waals surface area contributed by atoms with E-state index in [1.165, 1.54) is 11.1 Å². The maximum atomic E-state index is 11.5. The van der Waals surface area contributed by atoms with E-state index < -0.39 is 12.6 Å². The van der Waals surface area contributed by atoms with Crippen molar-refractivity contribution in [2.45, 2.75) is 18.9 Å². The number of carbonyl (C=O) groups is 2. The van der Waals surface area contributed by atoms with Gasteiger partial charge in [0.2, 0.25) is 5.91 Å². The number of carboxylic acid groups (broad SMARTS) is 1. The van der Waals surface area contributed by atoms with Crippen LogP contribution in [0.2, 0.25) is 0 Å². The summed E-state index contributed by atoms with van der Waals surface area (Å²) in [5.74, 6) is -1.62. The molecule has 18 heavy (non-hydrogen) atoms. The molecule has 1 aromatic rings. The Labute approximate surface area is 105 Å². The lowest BCUT2D eigenvalue weighted by Gasteiger charge is -2.12. The molecule has 0 aromatic heterocycles. The zero-order valence-corrected chi connectivity index (χ0v) is 9.85. The molecule has 0 atom stereocenters. The summed E-state index contributed by atoms with van der Waals surface area (Å²) in [6, 6.07) is 8.13. The summed E-state index contributed by atoms with van der Waals surface area (Å²) in [6.07, 6.45) is 1.62. The number of hydrogen-bond donors (Lipinski definition) is 1. The number of benzene rings is 1. The second-order valence-electron chi connectivity index (χ2n) is 4.31. The first kappa shape index (κ1) is 12.6. The minimum Gasteiger partial charge on any atom is -0.548 e. The van der Waals surface area contributed by atoms with Gasteiger partial charge in [0.1, 0.15) is 6.61 Å². The molecule has 0 saturated carbocycles. The third-order valence-corrected chi connectivity index (χ3v) is 2.87. The van der Waals surface area contributed by atoms with Crippen molar-refractivity contribution in [2.75, 3.05) is 13.2 Å². The van der Waals surface area contributed by atoms with Crippen molar-refractivity contribution in [3.8, 4) is 0 Å². The van der Waals surface area contributed by atoms with Gasteiger partial charge in [0.15, 0.2) is 0 Å². The van der Waals surface area contributed by atoms with Crippen molar-refractivity contribution in [1.29, 1.82) is 0 Å². The van der Waals surface area contributed by atoms with Crippen molar-refractivity contribution in [3.63, 3.8) is 0 Å². The van der Waals surface area contributed by atoms with Crippen molar-refractivity contribution in [2.24, 2.45) is 0 Å². The first-order valence-electron chi connectivity index (χ1n) is 5.79. The van der Waals surface area contributed by atoms with Crippen molar-refractivity contribution in [1.82, 2.24) is 5.32 Å². The van der Waals surface area contributed by atoms with Crippen LogP contribution in [0.3, 0.4) is 0 Å². The SMILES string of the molecule is O=C([O-])COCC(=O)NC1Cc2ccccc2C1. The highest BCUT2D eigenvalue weighted by atomic mass is 16.5. The number of aliphatic carboxylic acids is 1. The minimum absolute atomic E-state index is 0.0708. The Morgan fingerprint density at radius 1 is 1.22 bits per heavy atom. The highest BCUT2D eigenvalue weighted by molar-refractivity contribution is 5.78. The third-order valence-electron chi connectivity index (χ3n) is 2.87. The molecule has 1 N–H and O–H groups in total. The largest absolute Gasteiger partial charge is 0.548 e. The van der Waals surface area contributed by atoms with Gasteiger partial charge in [0.05, 0.1) is 12.6 Å². The Bertz CT molecular complexity index is 433. The summed E-state index contributed by atoms with van der Waals surface area (Å²) in [5, 5.41) is 12.9. The summed E-state index contributed by atoms with van der Waals surface area (Å²) in [5.41, 5.74) is 2.50. The predicted octanol–water partition coefficient (Wildman–Crippen LogP) is -0.963. The van der Waals surface area contributed by atoms with Crippen LogP contribution in [-0.4, -0.2) is 31.1 Å². The van der Waals surface area contributed by atoms with E-state index in [0.717, 1.165) is 12.8 Å². The zero-order chi connectivity index (χ0) is 13.0. The molecule has 96 valence electrons. The van der Waals surface area contributed by atoms with E-state index in [0.29, 0.717) is 0 Å². The lowest BCUT2D eigenvalue weighted by molar-refractivity contribution is -0.309. The lowest BCUT2D eigenvalue weighted by Crippen LogP contribution is -2.38. The number of fused-ring (bicyclic) bond motifs is 1. The van der Waals surface area contributed by atoms with Crippen LogP contribution in [0.1, 0.15) is 11.1 Å². The van der Waals surface area contributed by atoms with Gasteiger partial charge in [-0.3, -0.25) is 4.79 Å². The molecule has 5 nitrogen and oxygen atoms in total. The fourth-order valence-electron chi connectivity index (χ4n) is 2.16. The summed E-state index contributed by atoms with van der Waals surface area (Å²) in [4.78, 5) is 21.6. The number of rotatable bonds is 5. The van der Waals surface area contributed by atoms with E-state index in [4.69, 9.17) is 0 Å². The van der Waals surface area contributed by atoms with Crippen molar-refractivity contribution >= 4 is 11.9 Å². The minimum atomic E-state index is -1.32. The fraction of sp³-hybridized carbons (Fsp3) is 0.385. The highest BCUT2D eigenvalue weighted by Crippen LogP contribution is 2.21. The maximum absolute atomic E-state index is 11.5. The van der Waals surface area contributed by atoms with Gasteiger partial charge >= 0.3 is 0 Å². The second kappa shape index (κ2) is 5.64. The van der Waals surface area contributed by atoms with Gasteiger partial charge in [-0.1, -0.05) is 24.3 Å². The number of nitrogens with one attached hydrogen (secondary N) is 1. The molecule has 1 amide bonds. The van der Waals surface area contributed by atoms with Gasteiger partial charge in [-0.15, -0.1) is 0 Å². The topological polar surface area (TPSA) is 78.5 Å². The number of hydrogen-bond acceptors (Lipinski definition) is 4. The lowest BCUT2D eigenvalue weighted by atomic mass is 10.1. The summed E-state index contributed by atoms with van der Waals surface area (Å²) in [6.45, 7) is -0.806. The quantitative estimate of drug-likeness (QED) is 0.727. The summed E-state index contributed by atoms with van der Waals surface area (Å²) in [7, 11) is 0. The van der Waals surface area contributed by atoms with Crippen LogP contribution in [0.5, 0.6) is 0 Å². The van der Waals surface area contributed by atoms with Crippen molar-refractivity contribution in [3.05, 3.63) is 35.4 Å². The summed E-state index contributed by atoms with van der Waals surface area (Å²) >= 11 is 0. The van der Waals surface area contributed by atoms with E-state index >= 15 is 0 Å². The van der Waals surface area contributed by atoms with Gasteiger partial charge in [-0.05, 0) is 24.0 Å². The fourth-order valence-corrected chi connectivity index (χ4v) is 2.16. The van der Waals surface area contributed by atoms with Crippen LogP contribution >= 0.6 is 0 Å². The molecular weight excluding hydrogens is 234 g/mol. The van der Waals surface area contributed by atoms with Gasteiger partial charge in [-0.2, -0.15) is 0 Å². The Balaban J connectivity index is 1.76. The normalized spacial score (nSPS) is 14.2. The first-order chi connectivity index (χ1) is 8.65. The van der Waals surface area contributed by atoms with Gasteiger partial charge < -0.3 is 20.0 Å². The predicted molar refractivity (Wildman–Crippen MR) is 61.6 cm³/mol. The van der Waals surface area contributed by atoms with Crippen LogP contribution < -0.4 is 10.4 Å². The Morgan fingerprint density at radius 3 is 2.39 bits per heavy atom. The van der Waals surface area contributed by atoms with Crippen LogP contribution in [0.25, 0.3) is 0 Å². The zero-order valence-electron chi connectivity index (χ0n) is 9.85. The molecule has 0 unspecified atom stereocenters. The molecule has 1 aliphatic rings. The third kappa shape index (κ3) is 3.30. The number of carbonyl (C=O) groups excluding carboxylic acids is 2. The number of amides is 1. The molecule has 0 aliphatic heterocycles. The van der Waals surface area contributed by atoms with Crippen LogP contribution in [0.4, 0.5) is 0 Å². The number of carboxylic acids is 1. The monoisotopic (exact) mass is 248 g/mol. The molecule has 2 rings (SSSR count). The van der Waals surface area contributed by atoms with E-state index in [-0.39, 0.29) is 18.6 Å². The van der Waals surface area contributed by atoms with Gasteiger partial charge in [-0.25, -0.2) is 0 Å². The molecule has 1 aromatic carbocycles. The molecular formula is C13H14NO4-. The summed E-state index contributed by atoms with van der Waals surface area (Å²) < 4.78 is 4.67. The molecule has 0 bridgehead atoms. The molecule has 0 spiro atoms. The molecule has 5 heteroatoms. The molecule has 0 saturated heterocycles. The standard InChI is InChI=1S/C13H15NO4/c15-12(7-18-8-13(16)17)14-11-5-9-3-1-2-4-10(9)6-11/h1-4,11H,5-8H2,(H,14,15)(H,16,17)/p-1. The first-order valence-corrected chi connectivity index (χ1v) is 5.79. The average molecular weight is 248 g/mol. The van der Waals surface area contributed by atoms with Crippen LogP contribution in [0, 0.1) is 0 Å². The smallest absolute Gasteiger partial charge is 0.246 e. The van der Waals surface area contributed by atoms with Crippen molar-refractivity contribution < 1.29 is 19.4 Å². The van der Waals surface area contributed by atoms with E-state index in [1.807, 2.05) is 24.3 Å². The average Bonchev–Trinajstić information content (AvgIpc) is 2.70. The highest BCUT2D eigenvalue weighted by Gasteiger charge is 2.22. The molecule has 0 fully saturated rings. The molecule has 1 aliphatic carbocycles. The van der Waals surface area contributed by atoms with E-state index in [2.05, 4.69) is 10.1 Å². The molecule has 0 radical (unpaired) electrons. The second-order valence-corrected chi connectivity index (χ2v) is 4.31. The molecule has 0 heterocycles. The van der Waals surface area contributed by atoms with E-state index in [1.54, 1.807) is 0 Å². The van der Waals surface area contributed by atoms with E-state index in [9.17, 15) is 14.7 Å². The Kier molecular flexibility index (Phi) is 3.94. The Hall–Kier alpha value is -1.88. The Morgan fingerprint density at radius 2 is 1.83 bits per heavy atom. The van der Waals surface area contributed by atoms with Gasteiger partial charge in [0.25, 0.3) is 0 Å². The van der Waals surface area contributed by atoms with Crippen LogP contribution in [-0.2, 0) is 27.2 Å².